The van der Waals surface area contributed by atoms with Gasteiger partial charge in [0.2, 0.25) is 5.84 Å². The Bertz CT molecular complexity index is 1270. The average Bonchev–Trinajstić information content (AvgIpc) is 3.26. The first kappa shape index (κ1) is 22.0. The molecule has 2 aliphatic rings. The maximum absolute atomic E-state index is 13.6. The van der Waals surface area contributed by atoms with E-state index in [1.165, 1.54) is 12.1 Å². The van der Waals surface area contributed by atoms with Crippen LogP contribution >= 0.6 is 0 Å². The van der Waals surface area contributed by atoms with E-state index >= 15 is 0 Å². The number of aryl methyl sites for hydroxylation is 1. The lowest BCUT2D eigenvalue weighted by Gasteiger charge is -2.48. The van der Waals surface area contributed by atoms with Gasteiger partial charge in [0.25, 0.3) is 0 Å². The lowest BCUT2D eigenvalue weighted by Crippen LogP contribution is -2.58. The molecule has 0 amide bonds. The quantitative estimate of drug-likeness (QED) is 0.565. The van der Waals surface area contributed by atoms with E-state index in [-0.39, 0.29) is 11.9 Å². The van der Waals surface area contributed by atoms with Gasteiger partial charge in [-0.1, -0.05) is 23.4 Å². The molecule has 1 fully saturated rings. The number of hydrogen-bond acceptors (Lipinski definition) is 6. The average molecular weight is 463 g/mol. The van der Waals surface area contributed by atoms with E-state index < -0.39 is 5.54 Å². The van der Waals surface area contributed by atoms with E-state index in [9.17, 15) is 4.39 Å². The molecule has 34 heavy (non-hydrogen) atoms. The van der Waals surface area contributed by atoms with Crippen LogP contribution in [0, 0.1) is 12.7 Å². The summed E-state index contributed by atoms with van der Waals surface area (Å²) in [5.41, 5.74) is 3.17. The molecule has 0 bridgehead atoms. The third-order valence-electron chi connectivity index (χ3n) is 6.29. The molecule has 8 heteroatoms. The highest BCUT2D eigenvalue weighted by Gasteiger charge is 2.45. The number of imidazole rings is 1. The van der Waals surface area contributed by atoms with Crippen LogP contribution in [0.25, 0.3) is 11.8 Å². The molecule has 3 aromatic rings. The SMILES string of the molecule is COc1cc(/C=C2\OC(C)CN3C2=NOCC3(C)c2ccc(F)cc2)ccc1-n1cnc(C)c1. The number of morpholine rings is 1. The van der Waals surface area contributed by atoms with E-state index in [2.05, 4.69) is 22.0 Å². The van der Waals surface area contributed by atoms with Gasteiger partial charge in [-0.3, -0.25) is 0 Å². The van der Waals surface area contributed by atoms with E-state index in [0.29, 0.717) is 30.5 Å². The molecule has 1 saturated heterocycles. The number of methoxy groups -OCH3 is 1. The highest BCUT2D eigenvalue weighted by molar-refractivity contribution is 6.01. The number of ether oxygens (including phenoxy) is 2. The summed E-state index contributed by atoms with van der Waals surface area (Å²) in [5.74, 6) is 1.67. The highest BCUT2D eigenvalue weighted by atomic mass is 19.1. The van der Waals surface area contributed by atoms with E-state index in [4.69, 9.17) is 14.3 Å². The van der Waals surface area contributed by atoms with Gasteiger partial charge >= 0.3 is 0 Å². The standard InChI is InChI=1S/C26H27FN4O3/c1-17-13-30(16-28-17)22-10-5-19(11-23(22)32-4)12-24-25-29-33-15-26(3,31(25)14-18(2)34-24)20-6-8-21(27)9-7-20/h5-13,16,18H,14-15H2,1-4H3/b24-12-. The van der Waals surface area contributed by atoms with Crippen LogP contribution in [0.1, 0.15) is 30.7 Å². The molecule has 2 unspecified atom stereocenters. The zero-order chi connectivity index (χ0) is 23.9. The molecule has 2 atom stereocenters. The van der Waals surface area contributed by atoms with Crippen molar-refractivity contribution in [2.45, 2.75) is 32.4 Å². The molecular formula is C26H27FN4O3. The minimum absolute atomic E-state index is 0.0711. The normalized spacial score (nSPS) is 23.1. The maximum atomic E-state index is 13.6. The summed E-state index contributed by atoms with van der Waals surface area (Å²) in [6.07, 6.45) is 5.58. The number of amidine groups is 1. The number of rotatable bonds is 4. The van der Waals surface area contributed by atoms with Gasteiger partial charge in [-0.05, 0) is 62.2 Å². The fraction of sp³-hybridized carbons (Fsp3) is 0.308. The Hall–Kier alpha value is -3.81. The lowest BCUT2D eigenvalue weighted by molar-refractivity contribution is -0.0322. The third kappa shape index (κ3) is 3.89. The second-order valence-electron chi connectivity index (χ2n) is 8.87. The van der Waals surface area contributed by atoms with E-state index in [1.807, 2.05) is 48.9 Å². The first-order valence-corrected chi connectivity index (χ1v) is 11.2. The predicted molar refractivity (Wildman–Crippen MR) is 127 cm³/mol. The summed E-state index contributed by atoms with van der Waals surface area (Å²) in [5, 5.41) is 4.34. The zero-order valence-corrected chi connectivity index (χ0v) is 19.7. The molecule has 0 aliphatic carbocycles. The topological polar surface area (TPSA) is 61.1 Å². The first-order valence-electron chi connectivity index (χ1n) is 11.2. The van der Waals surface area contributed by atoms with Crippen molar-refractivity contribution in [3.8, 4) is 11.4 Å². The number of benzene rings is 2. The number of halogens is 1. The van der Waals surface area contributed by atoms with Crippen molar-refractivity contribution in [2.24, 2.45) is 5.16 Å². The van der Waals surface area contributed by atoms with Crippen molar-refractivity contribution >= 4 is 11.9 Å². The molecule has 0 saturated carbocycles. The Morgan fingerprint density at radius 3 is 2.71 bits per heavy atom. The maximum Gasteiger partial charge on any atom is 0.211 e. The molecule has 176 valence electrons. The Balaban J connectivity index is 1.51. The van der Waals surface area contributed by atoms with Gasteiger partial charge in [-0.15, -0.1) is 0 Å². The van der Waals surface area contributed by atoms with Crippen LogP contribution in [-0.2, 0) is 15.1 Å². The van der Waals surface area contributed by atoms with Crippen LogP contribution < -0.4 is 4.74 Å². The molecule has 7 nitrogen and oxygen atoms in total. The van der Waals surface area contributed by atoms with Crippen molar-refractivity contribution in [3.63, 3.8) is 0 Å². The number of aromatic nitrogens is 2. The molecule has 2 aliphatic heterocycles. The molecule has 2 aromatic carbocycles. The van der Waals surface area contributed by atoms with Gasteiger partial charge in [0, 0.05) is 6.20 Å². The summed E-state index contributed by atoms with van der Waals surface area (Å²) in [7, 11) is 1.65. The van der Waals surface area contributed by atoms with Crippen LogP contribution in [0.15, 0.2) is 65.9 Å². The van der Waals surface area contributed by atoms with Gasteiger partial charge in [-0.25, -0.2) is 9.37 Å². The van der Waals surface area contributed by atoms with Crippen LogP contribution in [0.3, 0.4) is 0 Å². The Kier molecular flexibility index (Phi) is 5.51. The Morgan fingerprint density at radius 2 is 2.00 bits per heavy atom. The highest BCUT2D eigenvalue weighted by Crippen LogP contribution is 2.37. The summed E-state index contributed by atoms with van der Waals surface area (Å²) >= 11 is 0. The molecule has 5 rings (SSSR count). The Morgan fingerprint density at radius 1 is 1.21 bits per heavy atom. The Labute approximate surface area is 198 Å². The summed E-state index contributed by atoms with van der Waals surface area (Å²) in [6.45, 7) is 7.04. The molecule has 3 heterocycles. The third-order valence-corrected chi connectivity index (χ3v) is 6.29. The fourth-order valence-electron chi connectivity index (χ4n) is 4.46. The number of oxime groups is 1. The predicted octanol–water partition coefficient (Wildman–Crippen LogP) is 4.65. The minimum Gasteiger partial charge on any atom is -0.495 e. The van der Waals surface area contributed by atoms with Gasteiger partial charge in [0.15, 0.2) is 5.76 Å². The summed E-state index contributed by atoms with van der Waals surface area (Å²) < 4.78 is 27.3. The first-order chi connectivity index (χ1) is 16.4. The molecule has 0 spiro atoms. The van der Waals surface area contributed by atoms with Gasteiger partial charge < -0.3 is 23.8 Å². The molecular weight excluding hydrogens is 435 g/mol. The summed E-state index contributed by atoms with van der Waals surface area (Å²) in [4.78, 5) is 12.1. The van der Waals surface area contributed by atoms with Crippen molar-refractivity contribution in [1.82, 2.24) is 14.5 Å². The second kappa shape index (κ2) is 8.52. The van der Waals surface area contributed by atoms with Crippen LogP contribution in [0.5, 0.6) is 5.75 Å². The minimum atomic E-state index is -0.511. The molecule has 0 N–H and O–H groups in total. The lowest BCUT2D eigenvalue weighted by atomic mass is 9.89. The second-order valence-corrected chi connectivity index (χ2v) is 8.87. The largest absolute Gasteiger partial charge is 0.495 e. The molecule has 0 radical (unpaired) electrons. The number of hydrogen-bond donors (Lipinski definition) is 0. The number of fused-ring (bicyclic) bond motifs is 1. The van der Waals surface area contributed by atoms with Crippen molar-refractivity contribution in [3.05, 3.63) is 83.4 Å². The van der Waals surface area contributed by atoms with Gasteiger partial charge in [-0.2, -0.15) is 0 Å². The van der Waals surface area contributed by atoms with Crippen LogP contribution in [0.4, 0.5) is 4.39 Å². The van der Waals surface area contributed by atoms with Crippen molar-refractivity contribution < 1.29 is 18.7 Å². The fourth-order valence-corrected chi connectivity index (χ4v) is 4.46. The van der Waals surface area contributed by atoms with Crippen LogP contribution in [-0.4, -0.2) is 46.7 Å². The van der Waals surface area contributed by atoms with Crippen molar-refractivity contribution in [1.29, 1.82) is 0 Å². The molecule has 1 aromatic heterocycles. The van der Waals surface area contributed by atoms with Gasteiger partial charge in [0.1, 0.15) is 29.8 Å². The van der Waals surface area contributed by atoms with Crippen LogP contribution in [0.2, 0.25) is 0 Å². The van der Waals surface area contributed by atoms with E-state index in [0.717, 1.165) is 22.5 Å². The van der Waals surface area contributed by atoms with E-state index in [1.54, 1.807) is 25.6 Å². The number of nitrogens with zero attached hydrogens (tertiary/aromatic N) is 4. The van der Waals surface area contributed by atoms with Crippen molar-refractivity contribution in [2.75, 3.05) is 20.3 Å². The smallest absolute Gasteiger partial charge is 0.211 e. The monoisotopic (exact) mass is 462 g/mol. The zero-order valence-electron chi connectivity index (χ0n) is 19.7. The summed E-state index contributed by atoms with van der Waals surface area (Å²) in [6, 6.07) is 12.5. The van der Waals surface area contributed by atoms with Gasteiger partial charge in [0.05, 0.1) is 31.4 Å².